The molecule has 1 N–H and O–H groups in total. The van der Waals surface area contributed by atoms with E-state index in [2.05, 4.69) is 5.10 Å². The number of aliphatic hydroxyl groups is 1. The van der Waals surface area contributed by atoms with Crippen molar-refractivity contribution in [3.05, 3.63) is 30.5 Å². The number of aliphatic hydroxyl groups excluding tert-OH is 1. The lowest BCUT2D eigenvalue weighted by molar-refractivity contribution is -0.134. The topological polar surface area (TPSA) is 67.6 Å². The average molecular weight is 317 g/mol. The lowest BCUT2D eigenvalue weighted by atomic mass is 10.1. The Morgan fingerprint density at radius 3 is 2.87 bits per heavy atom. The fraction of sp³-hybridized carbons (Fsp3) is 0.529. The van der Waals surface area contributed by atoms with Gasteiger partial charge < -0.3 is 14.7 Å². The molecule has 0 saturated carbocycles. The number of carbonyl (C=O) groups is 1. The number of hydrogen-bond acceptors (Lipinski definition) is 4. The number of likely N-dealkylation sites (tertiary alicyclic amines) is 1. The van der Waals surface area contributed by atoms with Gasteiger partial charge in [0, 0.05) is 31.7 Å². The molecule has 2 aromatic rings. The van der Waals surface area contributed by atoms with Crippen LogP contribution in [0.2, 0.25) is 0 Å². The molecule has 1 saturated heterocycles. The highest BCUT2D eigenvalue weighted by molar-refractivity contribution is 5.82. The summed E-state index contributed by atoms with van der Waals surface area (Å²) >= 11 is 0. The predicted octanol–water partition coefficient (Wildman–Crippen LogP) is 1.43. The molecule has 23 heavy (non-hydrogen) atoms. The molecule has 1 fully saturated rings. The van der Waals surface area contributed by atoms with E-state index in [4.69, 9.17) is 9.84 Å². The second-order valence-corrected chi connectivity index (χ2v) is 5.89. The standard InChI is InChI=1S/C17H23N3O3/c21-10-3-11-23-15-6-8-19(9-7-15)17(22)13-20-16-5-2-1-4-14(16)12-18-20/h1-2,4-5,12,15,21H,3,6-11,13H2. The van der Waals surface area contributed by atoms with E-state index in [1.54, 1.807) is 10.9 Å². The number of nitrogens with zero attached hydrogens (tertiary/aromatic N) is 3. The highest BCUT2D eigenvalue weighted by atomic mass is 16.5. The summed E-state index contributed by atoms with van der Waals surface area (Å²) in [4.78, 5) is 14.4. The molecule has 1 aliphatic rings. The van der Waals surface area contributed by atoms with Gasteiger partial charge in [-0.15, -0.1) is 0 Å². The van der Waals surface area contributed by atoms with E-state index in [1.807, 2.05) is 29.2 Å². The minimum atomic E-state index is 0.104. The highest BCUT2D eigenvalue weighted by Gasteiger charge is 2.23. The van der Waals surface area contributed by atoms with Gasteiger partial charge in [0.15, 0.2) is 0 Å². The van der Waals surface area contributed by atoms with Crippen LogP contribution in [0.4, 0.5) is 0 Å². The first kappa shape index (κ1) is 16.0. The summed E-state index contributed by atoms with van der Waals surface area (Å²) in [5, 5.41) is 14.1. The minimum Gasteiger partial charge on any atom is -0.396 e. The Morgan fingerprint density at radius 1 is 1.30 bits per heavy atom. The van der Waals surface area contributed by atoms with Crippen molar-refractivity contribution in [1.29, 1.82) is 0 Å². The summed E-state index contributed by atoms with van der Waals surface area (Å²) in [5.41, 5.74) is 0.989. The Balaban J connectivity index is 1.52. The van der Waals surface area contributed by atoms with E-state index in [0.29, 0.717) is 13.0 Å². The van der Waals surface area contributed by atoms with Crippen LogP contribution in [0.15, 0.2) is 30.5 Å². The molecule has 1 amide bonds. The minimum absolute atomic E-state index is 0.104. The molecule has 0 aliphatic carbocycles. The Kier molecular flexibility index (Phi) is 5.25. The molecular formula is C17H23N3O3. The van der Waals surface area contributed by atoms with Crippen LogP contribution < -0.4 is 0 Å². The molecule has 1 aromatic heterocycles. The van der Waals surface area contributed by atoms with Crippen LogP contribution in [0.25, 0.3) is 10.9 Å². The van der Waals surface area contributed by atoms with Crippen molar-refractivity contribution in [2.45, 2.75) is 31.9 Å². The van der Waals surface area contributed by atoms with Crippen molar-refractivity contribution in [2.24, 2.45) is 0 Å². The maximum Gasteiger partial charge on any atom is 0.244 e. The second kappa shape index (κ2) is 7.57. The SMILES string of the molecule is O=C(Cn1ncc2ccccc21)N1CCC(OCCCO)CC1. The van der Waals surface area contributed by atoms with Crippen LogP contribution in [-0.2, 0) is 16.1 Å². The van der Waals surface area contributed by atoms with Crippen molar-refractivity contribution in [3.8, 4) is 0 Å². The Hall–Kier alpha value is -1.92. The number of hydrogen-bond donors (Lipinski definition) is 1. The Morgan fingerprint density at radius 2 is 2.09 bits per heavy atom. The highest BCUT2D eigenvalue weighted by Crippen LogP contribution is 2.16. The number of fused-ring (bicyclic) bond motifs is 1. The maximum atomic E-state index is 12.5. The number of carbonyl (C=O) groups excluding carboxylic acids is 1. The van der Waals surface area contributed by atoms with Crippen LogP contribution >= 0.6 is 0 Å². The quantitative estimate of drug-likeness (QED) is 0.818. The molecule has 0 atom stereocenters. The molecular weight excluding hydrogens is 294 g/mol. The molecule has 0 unspecified atom stereocenters. The van der Waals surface area contributed by atoms with E-state index >= 15 is 0 Å². The molecule has 1 aromatic carbocycles. The van der Waals surface area contributed by atoms with Crippen molar-refractivity contribution in [3.63, 3.8) is 0 Å². The van der Waals surface area contributed by atoms with Gasteiger partial charge in [-0.05, 0) is 25.3 Å². The Labute approximate surface area is 135 Å². The number of para-hydroxylation sites is 1. The van der Waals surface area contributed by atoms with Crippen LogP contribution in [-0.4, -0.2) is 58.1 Å². The van der Waals surface area contributed by atoms with E-state index in [0.717, 1.165) is 36.8 Å². The van der Waals surface area contributed by atoms with Gasteiger partial charge in [-0.1, -0.05) is 18.2 Å². The fourth-order valence-corrected chi connectivity index (χ4v) is 2.97. The van der Waals surface area contributed by atoms with E-state index < -0.39 is 0 Å². The van der Waals surface area contributed by atoms with Crippen LogP contribution in [0.1, 0.15) is 19.3 Å². The number of rotatable bonds is 6. The van der Waals surface area contributed by atoms with Gasteiger partial charge in [-0.25, -0.2) is 0 Å². The third kappa shape index (κ3) is 3.89. The van der Waals surface area contributed by atoms with Crippen molar-refractivity contribution < 1.29 is 14.6 Å². The largest absolute Gasteiger partial charge is 0.396 e. The summed E-state index contributed by atoms with van der Waals surface area (Å²) in [6.07, 6.45) is 4.39. The Bertz CT molecular complexity index is 647. The van der Waals surface area contributed by atoms with Crippen LogP contribution in [0.5, 0.6) is 0 Å². The second-order valence-electron chi connectivity index (χ2n) is 5.89. The zero-order chi connectivity index (χ0) is 16.1. The number of benzene rings is 1. The molecule has 3 rings (SSSR count). The predicted molar refractivity (Wildman–Crippen MR) is 87.0 cm³/mol. The van der Waals surface area contributed by atoms with Crippen molar-refractivity contribution >= 4 is 16.8 Å². The van der Waals surface area contributed by atoms with E-state index in [1.165, 1.54) is 0 Å². The van der Waals surface area contributed by atoms with Gasteiger partial charge in [-0.2, -0.15) is 5.10 Å². The molecule has 0 spiro atoms. The van der Waals surface area contributed by atoms with Crippen LogP contribution in [0.3, 0.4) is 0 Å². The number of ether oxygens (including phenoxy) is 1. The number of piperidine rings is 1. The molecule has 2 heterocycles. The summed E-state index contributed by atoms with van der Waals surface area (Å²) in [5.74, 6) is 0.104. The molecule has 6 heteroatoms. The van der Waals surface area contributed by atoms with Crippen LogP contribution in [0, 0.1) is 0 Å². The normalized spacial score (nSPS) is 16.1. The summed E-state index contributed by atoms with van der Waals surface area (Å²) in [6, 6.07) is 7.91. The van der Waals surface area contributed by atoms with Crippen molar-refractivity contribution in [1.82, 2.24) is 14.7 Å². The number of amides is 1. The molecule has 6 nitrogen and oxygen atoms in total. The lowest BCUT2D eigenvalue weighted by Crippen LogP contribution is -2.42. The number of aromatic nitrogens is 2. The summed E-state index contributed by atoms with van der Waals surface area (Å²) in [6.45, 7) is 2.48. The zero-order valence-electron chi connectivity index (χ0n) is 13.2. The van der Waals surface area contributed by atoms with Gasteiger partial charge in [-0.3, -0.25) is 9.48 Å². The van der Waals surface area contributed by atoms with E-state index in [-0.39, 0.29) is 25.2 Å². The van der Waals surface area contributed by atoms with Gasteiger partial charge in [0.2, 0.25) is 5.91 Å². The van der Waals surface area contributed by atoms with Gasteiger partial charge in [0.25, 0.3) is 0 Å². The first-order chi connectivity index (χ1) is 11.3. The van der Waals surface area contributed by atoms with Gasteiger partial charge in [0.05, 0.1) is 17.8 Å². The molecule has 1 aliphatic heterocycles. The molecule has 0 bridgehead atoms. The summed E-state index contributed by atoms with van der Waals surface area (Å²) in [7, 11) is 0. The zero-order valence-corrected chi connectivity index (χ0v) is 13.2. The van der Waals surface area contributed by atoms with E-state index in [9.17, 15) is 4.79 Å². The monoisotopic (exact) mass is 317 g/mol. The first-order valence-electron chi connectivity index (χ1n) is 8.18. The van der Waals surface area contributed by atoms with Gasteiger partial charge in [0.1, 0.15) is 6.54 Å². The summed E-state index contributed by atoms with van der Waals surface area (Å²) < 4.78 is 7.46. The average Bonchev–Trinajstić information content (AvgIpc) is 2.99. The van der Waals surface area contributed by atoms with Crippen molar-refractivity contribution in [2.75, 3.05) is 26.3 Å². The maximum absolute atomic E-state index is 12.5. The smallest absolute Gasteiger partial charge is 0.244 e. The molecule has 124 valence electrons. The van der Waals surface area contributed by atoms with Gasteiger partial charge >= 0.3 is 0 Å². The first-order valence-corrected chi connectivity index (χ1v) is 8.18. The lowest BCUT2D eigenvalue weighted by Gasteiger charge is -2.32. The third-order valence-corrected chi connectivity index (χ3v) is 4.29. The fourth-order valence-electron chi connectivity index (χ4n) is 2.97. The third-order valence-electron chi connectivity index (χ3n) is 4.29. The molecule has 0 radical (unpaired) electrons.